The summed E-state index contributed by atoms with van der Waals surface area (Å²) in [5.74, 6) is -3.59. The van der Waals surface area contributed by atoms with Gasteiger partial charge in [-0.2, -0.15) is 0 Å². The number of ether oxygens (including phenoxy) is 14. The van der Waals surface area contributed by atoms with Crippen LogP contribution in [0.1, 0.15) is 41.5 Å². The van der Waals surface area contributed by atoms with Gasteiger partial charge in [0.1, 0.15) is 48.0 Å². The molecule has 22 heteroatoms. The molecule has 2 fully saturated rings. The number of carbonyl (C=O) groups is 6. The van der Waals surface area contributed by atoms with E-state index in [-0.39, 0.29) is 52.9 Å². The van der Waals surface area contributed by atoms with Crippen molar-refractivity contribution in [3.8, 4) is 11.5 Å². The van der Waals surface area contributed by atoms with Gasteiger partial charge in [0.15, 0.2) is 49.2 Å². The summed E-state index contributed by atoms with van der Waals surface area (Å²) >= 11 is 0. The maximum atomic E-state index is 12.4. The van der Waals surface area contributed by atoms with Gasteiger partial charge in [-0.3, -0.25) is 38.7 Å². The maximum Gasteiger partial charge on any atom is 0.303 e. The lowest BCUT2D eigenvalue weighted by Gasteiger charge is -2.44. The zero-order valence-electron chi connectivity index (χ0n) is 39.4. The lowest BCUT2D eigenvalue weighted by atomic mass is 9.98. The summed E-state index contributed by atoms with van der Waals surface area (Å²) in [7, 11) is 0. The van der Waals surface area contributed by atoms with E-state index in [0.717, 1.165) is 38.5 Å². The normalized spacial score (nSPS) is 24.2. The van der Waals surface area contributed by atoms with Gasteiger partial charge in [-0.25, -0.2) is 0 Å². The van der Waals surface area contributed by atoms with Crippen molar-refractivity contribution < 1.29 is 95.1 Å². The number of hydrogen-bond donors (Lipinski definition) is 0. The first-order valence-corrected chi connectivity index (χ1v) is 22.3. The lowest BCUT2D eigenvalue weighted by Crippen LogP contribution is -2.63. The molecule has 4 aromatic rings. The number of pyridine rings is 2. The van der Waals surface area contributed by atoms with Crippen molar-refractivity contribution in [3.63, 3.8) is 0 Å². The van der Waals surface area contributed by atoms with Gasteiger partial charge in [-0.1, -0.05) is 36.4 Å². The van der Waals surface area contributed by atoms with Crippen molar-refractivity contribution in [1.29, 1.82) is 0 Å². The molecule has 10 atom stereocenters. The number of hydrogen-bond acceptors (Lipinski definition) is 22. The molecule has 0 bridgehead atoms. The average molecular weight is 981 g/mol. The SMILES string of the molecule is CC(=O)O[C@@H]1[C@@H](OC(C)=O)[C@H](OCCOCCOCCO[C@@H]2O[C@H](COc3cccc4cccnc34)[C@@H](OC(C)=O)[C@H](OC(C)=O)[C@H]2OC(C)=O)O[C@H](COc2cccc3cccnc23)[C@H]1OC(C)=O. The molecule has 0 unspecified atom stereocenters. The zero-order valence-corrected chi connectivity index (χ0v) is 39.4. The number of rotatable bonds is 23. The van der Waals surface area contributed by atoms with Crippen LogP contribution in [0.3, 0.4) is 0 Å². The quantitative estimate of drug-likeness (QED) is 0.0586. The Morgan fingerprint density at radius 2 is 0.757 bits per heavy atom. The highest BCUT2D eigenvalue weighted by Crippen LogP contribution is 2.33. The van der Waals surface area contributed by atoms with E-state index in [9.17, 15) is 28.8 Å². The van der Waals surface area contributed by atoms with Crippen molar-refractivity contribution in [2.24, 2.45) is 0 Å². The monoisotopic (exact) mass is 980 g/mol. The molecule has 0 N–H and O–H groups in total. The number of para-hydroxylation sites is 2. The minimum Gasteiger partial charge on any atom is -0.488 e. The molecule has 0 saturated carbocycles. The van der Waals surface area contributed by atoms with E-state index in [1.807, 2.05) is 24.3 Å². The number of nitrogens with zero attached hydrogens (tertiary/aromatic N) is 2. The number of fused-ring (bicyclic) bond motifs is 2. The summed E-state index contributed by atoms with van der Waals surface area (Å²) < 4.78 is 81.4. The van der Waals surface area contributed by atoms with Gasteiger partial charge < -0.3 is 66.3 Å². The second-order valence-electron chi connectivity index (χ2n) is 15.8. The maximum absolute atomic E-state index is 12.4. The summed E-state index contributed by atoms with van der Waals surface area (Å²) in [6, 6.07) is 18.0. The van der Waals surface area contributed by atoms with E-state index in [2.05, 4.69) is 9.97 Å². The minimum atomic E-state index is -1.36. The predicted molar refractivity (Wildman–Crippen MR) is 239 cm³/mol. The van der Waals surface area contributed by atoms with E-state index in [0.29, 0.717) is 22.5 Å². The molecule has 6 rings (SSSR count). The van der Waals surface area contributed by atoms with E-state index in [1.54, 1.807) is 48.8 Å². The Kier molecular flexibility index (Phi) is 19.5. The van der Waals surface area contributed by atoms with E-state index in [4.69, 9.17) is 66.3 Å². The second kappa shape index (κ2) is 25.9. The molecule has 378 valence electrons. The molecule has 2 aromatic carbocycles. The second-order valence-corrected chi connectivity index (χ2v) is 15.8. The van der Waals surface area contributed by atoms with E-state index < -0.39 is 97.2 Å². The molecule has 2 aromatic heterocycles. The molecule has 0 radical (unpaired) electrons. The number of esters is 6. The Bertz CT molecular complexity index is 2240. The Morgan fingerprint density at radius 1 is 0.429 bits per heavy atom. The number of aromatic nitrogens is 2. The molecule has 2 aliphatic rings. The fourth-order valence-electron chi connectivity index (χ4n) is 7.74. The lowest BCUT2D eigenvalue weighted by molar-refractivity contribution is -0.308. The predicted octanol–water partition coefficient (Wildman–Crippen LogP) is 3.35. The third-order valence-corrected chi connectivity index (χ3v) is 10.4. The van der Waals surface area contributed by atoms with Crippen LogP contribution in [0.15, 0.2) is 73.1 Å². The molecule has 4 heterocycles. The summed E-state index contributed by atoms with van der Waals surface area (Å²) in [5, 5.41) is 1.63. The third kappa shape index (κ3) is 15.0. The molecule has 0 aliphatic carbocycles. The van der Waals surface area contributed by atoms with Gasteiger partial charge >= 0.3 is 35.8 Å². The smallest absolute Gasteiger partial charge is 0.303 e. The summed E-state index contributed by atoms with van der Waals surface area (Å²) in [6.45, 7) is 6.48. The van der Waals surface area contributed by atoms with Crippen LogP contribution in [0.25, 0.3) is 21.8 Å². The first kappa shape index (κ1) is 52.8. The average Bonchev–Trinajstić information content (AvgIpc) is 3.31. The molecule has 0 spiro atoms. The molecule has 2 aliphatic heterocycles. The van der Waals surface area contributed by atoms with Gasteiger partial charge in [0.05, 0.1) is 39.6 Å². The highest BCUT2D eigenvalue weighted by molar-refractivity contribution is 5.85. The van der Waals surface area contributed by atoms with Crippen LogP contribution < -0.4 is 9.47 Å². The van der Waals surface area contributed by atoms with Crippen molar-refractivity contribution in [1.82, 2.24) is 9.97 Å². The first-order valence-electron chi connectivity index (χ1n) is 22.3. The fourth-order valence-corrected chi connectivity index (χ4v) is 7.74. The van der Waals surface area contributed by atoms with Gasteiger partial charge in [0.2, 0.25) is 0 Å². The number of carbonyl (C=O) groups excluding carboxylic acids is 6. The highest BCUT2D eigenvalue weighted by Gasteiger charge is 2.54. The standard InChI is InChI=1S/C48H56N2O20/c1-27(51)63-41-37(25-61-35-15-7-11-33-13-9-17-49-39(33)35)69-47(45(67-31(5)55)43(41)65-29(3)53)59-23-21-57-19-20-58-22-24-60-48-46(68-32(6)56)44(66-30(4)54)42(64-28(2)52)38(70-48)26-62-36-16-8-12-34-14-10-18-50-40(34)36/h7-18,37-38,41-48H,19-26H2,1-6H3/t37-,38-,41-,42-,43+,44+,45-,46-,47-,48-/m1/s1. The van der Waals surface area contributed by atoms with Crippen LogP contribution >= 0.6 is 0 Å². The van der Waals surface area contributed by atoms with Crippen LogP contribution in [-0.2, 0) is 85.6 Å². The van der Waals surface area contributed by atoms with Gasteiger partial charge in [0.25, 0.3) is 0 Å². The molecule has 0 amide bonds. The van der Waals surface area contributed by atoms with Crippen molar-refractivity contribution >= 4 is 57.6 Å². The summed E-state index contributed by atoms with van der Waals surface area (Å²) in [6.07, 6.45) is -9.57. The summed E-state index contributed by atoms with van der Waals surface area (Å²) in [5.41, 5.74) is 1.14. The third-order valence-electron chi connectivity index (χ3n) is 10.4. The topological polar surface area (TPSA) is 257 Å². The molecule has 22 nitrogen and oxygen atoms in total. The molecule has 2 saturated heterocycles. The Balaban J connectivity index is 1.03. The van der Waals surface area contributed by atoms with Crippen molar-refractivity contribution in [2.75, 3.05) is 52.9 Å². The number of benzene rings is 2. The fraction of sp³-hybridized carbons (Fsp3) is 0.500. The zero-order chi connectivity index (χ0) is 50.2. The molecular weight excluding hydrogens is 925 g/mol. The first-order chi connectivity index (χ1) is 33.7. The van der Waals surface area contributed by atoms with Crippen LogP contribution in [0.5, 0.6) is 11.5 Å². The highest BCUT2D eigenvalue weighted by atomic mass is 16.8. The van der Waals surface area contributed by atoms with Crippen molar-refractivity contribution in [3.05, 3.63) is 73.1 Å². The largest absolute Gasteiger partial charge is 0.488 e. The van der Waals surface area contributed by atoms with Gasteiger partial charge in [-0.05, 0) is 24.3 Å². The Labute approximate surface area is 402 Å². The van der Waals surface area contributed by atoms with Crippen LogP contribution in [0.2, 0.25) is 0 Å². The summed E-state index contributed by atoms with van der Waals surface area (Å²) in [4.78, 5) is 82.8. The van der Waals surface area contributed by atoms with Gasteiger partial charge in [0, 0.05) is 64.7 Å². The molecular formula is C48H56N2O20. The van der Waals surface area contributed by atoms with Gasteiger partial charge in [-0.15, -0.1) is 0 Å². The van der Waals surface area contributed by atoms with E-state index >= 15 is 0 Å². The minimum absolute atomic E-state index is 0.000271. The Hall–Kier alpha value is -6.56. The van der Waals surface area contributed by atoms with Crippen LogP contribution in [0.4, 0.5) is 0 Å². The van der Waals surface area contributed by atoms with Crippen LogP contribution in [-0.4, -0.2) is 160 Å². The molecule has 70 heavy (non-hydrogen) atoms. The Morgan fingerprint density at radius 3 is 1.13 bits per heavy atom. The van der Waals surface area contributed by atoms with E-state index in [1.165, 1.54) is 13.8 Å². The van der Waals surface area contributed by atoms with Crippen molar-refractivity contribution in [2.45, 2.75) is 103 Å². The van der Waals surface area contributed by atoms with Crippen LogP contribution in [0, 0.1) is 0 Å².